The van der Waals surface area contributed by atoms with Gasteiger partial charge < -0.3 is 4.74 Å². The first kappa shape index (κ1) is 16.8. The van der Waals surface area contributed by atoms with Gasteiger partial charge in [0, 0.05) is 15.8 Å². The summed E-state index contributed by atoms with van der Waals surface area (Å²) in [5, 5.41) is 2.26. The lowest BCUT2D eigenvalue weighted by Crippen LogP contribution is -2.11. The van der Waals surface area contributed by atoms with Crippen LogP contribution in [0.1, 0.15) is 15.9 Å². The number of nitrogens with zero attached hydrogens (tertiary/aromatic N) is 1. The molecule has 0 fully saturated rings. The highest BCUT2D eigenvalue weighted by molar-refractivity contribution is 6.35. The number of para-hydroxylation sites is 2. The van der Waals surface area contributed by atoms with Gasteiger partial charge in [-0.2, -0.15) is 0 Å². The fraction of sp³-hybridized carbons (Fsp3) is 0.0476. The van der Waals surface area contributed by atoms with Crippen molar-refractivity contribution in [1.29, 1.82) is 0 Å². The SMILES string of the molecule is Cc1cc(Cl)cc(Cl)c1OC(=O)c1c2ccccc2nc2ccccc12. The van der Waals surface area contributed by atoms with Gasteiger partial charge in [0.15, 0.2) is 5.75 Å². The fourth-order valence-electron chi connectivity index (χ4n) is 3.02. The Kier molecular flexibility index (Phi) is 4.27. The van der Waals surface area contributed by atoms with Crippen LogP contribution in [0, 0.1) is 6.92 Å². The predicted octanol–water partition coefficient (Wildman–Crippen LogP) is 6.22. The Bertz CT molecular complexity index is 1090. The maximum absolute atomic E-state index is 13.1. The molecule has 1 aromatic heterocycles. The van der Waals surface area contributed by atoms with Crippen molar-refractivity contribution < 1.29 is 9.53 Å². The van der Waals surface area contributed by atoms with Crippen molar-refractivity contribution in [2.24, 2.45) is 0 Å². The Balaban J connectivity index is 1.91. The number of aryl methyl sites for hydroxylation is 1. The third kappa shape index (κ3) is 2.90. The molecule has 0 saturated heterocycles. The second kappa shape index (κ2) is 6.60. The molecule has 128 valence electrons. The van der Waals surface area contributed by atoms with E-state index in [-0.39, 0.29) is 0 Å². The van der Waals surface area contributed by atoms with Gasteiger partial charge in [-0.1, -0.05) is 59.6 Å². The molecule has 0 unspecified atom stereocenters. The van der Waals surface area contributed by atoms with Crippen molar-refractivity contribution in [1.82, 2.24) is 4.98 Å². The quantitative estimate of drug-likeness (QED) is 0.235. The van der Waals surface area contributed by atoms with Gasteiger partial charge in [-0.15, -0.1) is 0 Å². The summed E-state index contributed by atoms with van der Waals surface area (Å²) in [7, 11) is 0. The molecule has 0 aliphatic rings. The molecule has 3 nitrogen and oxygen atoms in total. The highest BCUT2D eigenvalue weighted by Crippen LogP contribution is 2.34. The summed E-state index contributed by atoms with van der Waals surface area (Å²) in [4.78, 5) is 17.7. The van der Waals surface area contributed by atoms with E-state index in [1.807, 2.05) is 48.5 Å². The van der Waals surface area contributed by atoms with E-state index in [1.165, 1.54) is 0 Å². The van der Waals surface area contributed by atoms with Crippen LogP contribution < -0.4 is 4.74 Å². The van der Waals surface area contributed by atoms with Crippen LogP contribution in [0.25, 0.3) is 21.8 Å². The Hall–Kier alpha value is -2.62. The summed E-state index contributed by atoms with van der Waals surface area (Å²) in [5.74, 6) is -0.168. The minimum Gasteiger partial charge on any atom is -0.421 e. The van der Waals surface area contributed by atoms with Gasteiger partial charge in [0.05, 0.1) is 21.6 Å². The first-order valence-electron chi connectivity index (χ1n) is 8.00. The largest absolute Gasteiger partial charge is 0.421 e. The first-order valence-corrected chi connectivity index (χ1v) is 8.75. The smallest absolute Gasteiger partial charge is 0.344 e. The molecule has 26 heavy (non-hydrogen) atoms. The van der Waals surface area contributed by atoms with E-state index in [0.717, 1.165) is 21.8 Å². The zero-order valence-electron chi connectivity index (χ0n) is 13.8. The van der Waals surface area contributed by atoms with Crippen molar-refractivity contribution in [2.75, 3.05) is 0 Å². The summed E-state index contributed by atoms with van der Waals surface area (Å²) >= 11 is 12.2. The normalized spacial score (nSPS) is 11.0. The van der Waals surface area contributed by atoms with Gasteiger partial charge in [-0.25, -0.2) is 9.78 Å². The van der Waals surface area contributed by atoms with Gasteiger partial charge in [0.25, 0.3) is 0 Å². The Morgan fingerprint density at radius 3 is 2.08 bits per heavy atom. The number of esters is 1. The molecule has 1 heterocycles. The van der Waals surface area contributed by atoms with Gasteiger partial charge in [0.1, 0.15) is 0 Å². The van der Waals surface area contributed by atoms with Crippen molar-refractivity contribution >= 4 is 51.0 Å². The molecule has 0 aliphatic heterocycles. The number of ether oxygens (including phenoxy) is 1. The van der Waals surface area contributed by atoms with Crippen LogP contribution >= 0.6 is 23.2 Å². The third-order valence-electron chi connectivity index (χ3n) is 4.18. The number of carbonyl (C=O) groups excluding carboxylic acids is 1. The first-order chi connectivity index (χ1) is 12.5. The molecule has 4 aromatic rings. The summed E-state index contributed by atoms with van der Waals surface area (Å²) in [6.45, 7) is 1.79. The molecule has 0 amide bonds. The summed E-state index contributed by atoms with van der Waals surface area (Å²) < 4.78 is 5.68. The molecule has 4 rings (SSSR count). The molecule has 0 saturated carbocycles. The molecule has 0 radical (unpaired) electrons. The Morgan fingerprint density at radius 1 is 0.923 bits per heavy atom. The zero-order chi connectivity index (χ0) is 18.3. The number of aromatic nitrogens is 1. The molecule has 0 bridgehead atoms. The minimum absolute atomic E-state index is 0.297. The van der Waals surface area contributed by atoms with Gasteiger partial charge >= 0.3 is 5.97 Å². The van der Waals surface area contributed by atoms with E-state index in [1.54, 1.807) is 19.1 Å². The number of benzene rings is 3. The van der Waals surface area contributed by atoms with Crippen LogP contribution in [-0.4, -0.2) is 11.0 Å². The van der Waals surface area contributed by atoms with Crippen LogP contribution in [0.15, 0.2) is 60.7 Å². The number of pyridine rings is 1. The Morgan fingerprint density at radius 2 is 1.50 bits per heavy atom. The van der Waals surface area contributed by atoms with Gasteiger partial charge in [0.2, 0.25) is 0 Å². The van der Waals surface area contributed by atoms with Crippen molar-refractivity contribution in [3.05, 3.63) is 81.8 Å². The molecular weight excluding hydrogens is 369 g/mol. The summed E-state index contributed by atoms with van der Waals surface area (Å²) in [5.41, 5.74) is 2.63. The molecule has 3 aromatic carbocycles. The van der Waals surface area contributed by atoms with E-state index in [9.17, 15) is 4.79 Å². The number of carbonyl (C=O) groups is 1. The average Bonchev–Trinajstić information content (AvgIpc) is 2.62. The monoisotopic (exact) mass is 381 g/mol. The van der Waals surface area contributed by atoms with Crippen molar-refractivity contribution in [3.63, 3.8) is 0 Å². The number of halogens is 2. The molecule has 0 N–H and O–H groups in total. The van der Waals surface area contributed by atoms with E-state index in [2.05, 4.69) is 4.98 Å². The zero-order valence-corrected chi connectivity index (χ0v) is 15.3. The van der Waals surface area contributed by atoms with E-state index in [0.29, 0.717) is 26.9 Å². The molecule has 0 aliphatic carbocycles. The average molecular weight is 382 g/mol. The highest BCUT2D eigenvalue weighted by atomic mass is 35.5. The second-order valence-electron chi connectivity index (χ2n) is 5.94. The number of hydrogen-bond acceptors (Lipinski definition) is 3. The maximum atomic E-state index is 13.1. The van der Waals surface area contributed by atoms with E-state index in [4.69, 9.17) is 27.9 Å². The van der Waals surface area contributed by atoms with Crippen molar-refractivity contribution in [2.45, 2.75) is 6.92 Å². The van der Waals surface area contributed by atoms with Crippen LogP contribution in [0.5, 0.6) is 5.75 Å². The second-order valence-corrected chi connectivity index (χ2v) is 6.79. The number of fused-ring (bicyclic) bond motifs is 2. The lowest BCUT2D eigenvalue weighted by atomic mass is 10.0. The number of rotatable bonds is 2. The van der Waals surface area contributed by atoms with Crippen LogP contribution in [0.4, 0.5) is 0 Å². The van der Waals surface area contributed by atoms with Crippen LogP contribution in [-0.2, 0) is 0 Å². The molecule has 0 atom stereocenters. The van der Waals surface area contributed by atoms with Crippen molar-refractivity contribution in [3.8, 4) is 5.75 Å². The molecular formula is C21H13Cl2NO2. The van der Waals surface area contributed by atoms with E-state index < -0.39 is 5.97 Å². The van der Waals surface area contributed by atoms with Crippen LogP contribution in [0.2, 0.25) is 10.0 Å². The maximum Gasteiger partial charge on any atom is 0.344 e. The molecule has 0 spiro atoms. The third-order valence-corrected chi connectivity index (χ3v) is 4.68. The fourth-order valence-corrected chi connectivity index (χ4v) is 3.66. The standard InChI is InChI=1S/C21H13Cl2NO2/c1-12-10-13(22)11-16(23)20(12)26-21(25)19-14-6-2-4-8-17(14)24-18-9-5-3-7-15(18)19/h2-11H,1H3. The minimum atomic E-state index is -0.480. The van der Waals surface area contributed by atoms with E-state index >= 15 is 0 Å². The Labute approximate surface area is 160 Å². The summed E-state index contributed by atoms with van der Waals surface area (Å²) in [6, 6.07) is 18.3. The van der Waals surface area contributed by atoms with Gasteiger partial charge in [-0.3, -0.25) is 0 Å². The van der Waals surface area contributed by atoms with Crippen LogP contribution in [0.3, 0.4) is 0 Å². The lowest BCUT2D eigenvalue weighted by molar-refractivity contribution is 0.0737. The predicted molar refractivity (Wildman–Crippen MR) is 105 cm³/mol. The summed E-state index contributed by atoms with van der Waals surface area (Å²) in [6.07, 6.45) is 0. The topological polar surface area (TPSA) is 39.2 Å². The van der Waals surface area contributed by atoms with Gasteiger partial charge in [-0.05, 0) is 36.8 Å². The lowest BCUT2D eigenvalue weighted by Gasteiger charge is -2.13. The molecule has 5 heteroatoms. The number of hydrogen-bond donors (Lipinski definition) is 0. The highest BCUT2D eigenvalue weighted by Gasteiger charge is 2.20.